The quantitative estimate of drug-likeness (QED) is 0.740. The van der Waals surface area contributed by atoms with E-state index in [0.717, 1.165) is 0 Å². The van der Waals surface area contributed by atoms with Crippen LogP contribution in [0.1, 0.15) is 6.92 Å². The molecule has 1 aromatic carbocycles. The van der Waals surface area contributed by atoms with Gasteiger partial charge < -0.3 is 0 Å². The van der Waals surface area contributed by atoms with E-state index in [1.165, 1.54) is 4.46 Å². The summed E-state index contributed by atoms with van der Waals surface area (Å²) >= 11 is 0.427. The summed E-state index contributed by atoms with van der Waals surface area (Å²) in [7, 11) is 0. The molecule has 1 aromatic rings. The summed E-state index contributed by atoms with van der Waals surface area (Å²) in [5, 5.41) is 8.81. The number of hydrogen-bond acceptors (Lipinski definition) is 1. The molecule has 1 atom stereocenters. The van der Waals surface area contributed by atoms with Gasteiger partial charge in [0.2, 0.25) is 0 Å². The first kappa shape index (κ1) is 8.79. The predicted molar refractivity (Wildman–Crippen MR) is 48.3 cm³/mol. The van der Waals surface area contributed by atoms with Crippen molar-refractivity contribution in [1.29, 1.82) is 0 Å². The molecule has 0 saturated carbocycles. The van der Waals surface area contributed by atoms with Crippen molar-refractivity contribution < 1.29 is 5.11 Å². The molecule has 0 aliphatic heterocycles. The van der Waals surface area contributed by atoms with E-state index < -0.39 is 0 Å². The molecule has 0 aliphatic carbocycles. The summed E-state index contributed by atoms with van der Waals surface area (Å²) in [6, 6.07) is 10.3. The van der Waals surface area contributed by atoms with Crippen molar-refractivity contribution in [2.45, 2.75) is 11.7 Å². The van der Waals surface area contributed by atoms with Gasteiger partial charge in [-0.25, -0.2) is 0 Å². The predicted octanol–water partition coefficient (Wildman–Crippen LogP) is 0.817. The van der Waals surface area contributed by atoms with E-state index in [1.807, 2.05) is 18.2 Å². The van der Waals surface area contributed by atoms with E-state index in [-0.39, 0.29) is 0 Å². The van der Waals surface area contributed by atoms with E-state index in [4.69, 9.17) is 5.11 Å². The Hall–Kier alpha value is -0.301. The van der Waals surface area contributed by atoms with Gasteiger partial charge in [-0.2, -0.15) is 0 Å². The number of hydrogen-bond donors (Lipinski definition) is 1. The third-order valence-electron chi connectivity index (χ3n) is 1.34. The van der Waals surface area contributed by atoms with E-state index >= 15 is 0 Å². The van der Waals surface area contributed by atoms with Crippen molar-refractivity contribution in [2.75, 3.05) is 6.61 Å². The second-order valence-electron chi connectivity index (χ2n) is 2.42. The summed E-state index contributed by atoms with van der Waals surface area (Å²) in [5.74, 6) is 0. The Morgan fingerprint density at radius 2 is 2.00 bits per heavy atom. The van der Waals surface area contributed by atoms with Gasteiger partial charge in [0.25, 0.3) is 0 Å². The van der Waals surface area contributed by atoms with Gasteiger partial charge in [0.15, 0.2) is 0 Å². The Kier molecular flexibility index (Phi) is 3.64. The number of aliphatic hydroxyl groups excluding tert-OH is 1. The maximum atomic E-state index is 8.81. The molecule has 1 nitrogen and oxygen atoms in total. The Morgan fingerprint density at radius 3 is 2.55 bits per heavy atom. The zero-order valence-corrected chi connectivity index (χ0v) is 8.24. The van der Waals surface area contributed by atoms with Gasteiger partial charge in [-0.05, 0) is 0 Å². The summed E-state index contributed by atoms with van der Waals surface area (Å²) in [6.45, 7) is 2.38. The molecule has 0 heterocycles. The van der Waals surface area contributed by atoms with E-state index in [1.54, 1.807) is 0 Å². The zero-order valence-electron chi connectivity index (χ0n) is 6.53. The number of benzene rings is 1. The molecule has 11 heavy (non-hydrogen) atoms. The van der Waals surface area contributed by atoms with Crippen molar-refractivity contribution in [3.8, 4) is 0 Å². The van der Waals surface area contributed by atoms with Gasteiger partial charge in [0, 0.05) is 0 Å². The molecule has 1 N–H and O–H groups in total. The van der Waals surface area contributed by atoms with Crippen LogP contribution in [0.4, 0.5) is 0 Å². The van der Waals surface area contributed by atoms with E-state index in [9.17, 15) is 0 Å². The van der Waals surface area contributed by atoms with Gasteiger partial charge in [-0.1, -0.05) is 0 Å². The third-order valence-corrected chi connectivity index (χ3v) is 3.64. The minimum atomic E-state index is 0.300. The van der Waals surface area contributed by atoms with Gasteiger partial charge >= 0.3 is 73.2 Å². The molecule has 0 spiro atoms. The molecule has 0 radical (unpaired) electrons. The Bertz CT molecular complexity index is 198. The van der Waals surface area contributed by atoms with Crippen LogP contribution in [0.25, 0.3) is 0 Å². The Balaban J connectivity index is 2.51. The van der Waals surface area contributed by atoms with Gasteiger partial charge in [-0.3, -0.25) is 0 Å². The van der Waals surface area contributed by atoms with Crippen LogP contribution in [0.5, 0.6) is 0 Å². The fourth-order valence-electron chi connectivity index (χ4n) is 0.769. The minimum absolute atomic E-state index is 0.300. The number of rotatable bonds is 3. The van der Waals surface area contributed by atoms with Crippen molar-refractivity contribution >= 4 is 19.4 Å². The molecule has 60 valence electrons. The monoisotopic (exact) mass is 216 g/mol. The molecule has 0 aromatic heterocycles. The standard InChI is InChI=1S/C9H12OSe/c1-8(7-10)11-9-5-3-2-4-6-9/h2-6,8,10H,7H2,1H3/t8-/m0/s1. The molecule has 0 bridgehead atoms. The van der Waals surface area contributed by atoms with Crippen LogP contribution in [-0.2, 0) is 0 Å². The second-order valence-corrected chi connectivity index (χ2v) is 5.60. The molecule has 2 heteroatoms. The molecule has 0 fully saturated rings. The average Bonchev–Trinajstić information content (AvgIpc) is 2.06. The Labute approximate surface area is 73.6 Å². The molecule has 0 aliphatic rings. The van der Waals surface area contributed by atoms with Crippen LogP contribution >= 0.6 is 0 Å². The van der Waals surface area contributed by atoms with E-state index in [0.29, 0.717) is 26.4 Å². The molecule has 0 unspecified atom stereocenters. The molecular formula is C9H12OSe. The normalized spacial score (nSPS) is 12.9. The molecular weight excluding hydrogens is 203 g/mol. The fraction of sp³-hybridized carbons (Fsp3) is 0.333. The number of aliphatic hydroxyl groups is 1. The van der Waals surface area contributed by atoms with Crippen LogP contribution in [0.15, 0.2) is 30.3 Å². The first-order valence-corrected chi connectivity index (χ1v) is 5.50. The zero-order chi connectivity index (χ0) is 8.10. The summed E-state index contributed by atoms with van der Waals surface area (Å²) in [4.78, 5) is 0.435. The maximum absolute atomic E-state index is 8.81. The third kappa shape index (κ3) is 3.06. The van der Waals surface area contributed by atoms with Crippen LogP contribution in [0.2, 0.25) is 4.82 Å². The molecule has 0 amide bonds. The fourth-order valence-corrected chi connectivity index (χ4v) is 2.56. The van der Waals surface area contributed by atoms with Crippen LogP contribution < -0.4 is 4.46 Å². The van der Waals surface area contributed by atoms with Crippen LogP contribution in [0, 0.1) is 0 Å². The van der Waals surface area contributed by atoms with E-state index in [2.05, 4.69) is 19.1 Å². The first-order chi connectivity index (χ1) is 5.33. The first-order valence-electron chi connectivity index (χ1n) is 3.65. The van der Waals surface area contributed by atoms with Crippen molar-refractivity contribution in [3.63, 3.8) is 0 Å². The average molecular weight is 215 g/mol. The van der Waals surface area contributed by atoms with Crippen molar-refractivity contribution in [2.24, 2.45) is 0 Å². The molecule has 1 rings (SSSR count). The van der Waals surface area contributed by atoms with Gasteiger partial charge in [-0.15, -0.1) is 0 Å². The van der Waals surface area contributed by atoms with Gasteiger partial charge in [0.1, 0.15) is 0 Å². The van der Waals surface area contributed by atoms with Crippen LogP contribution in [0.3, 0.4) is 0 Å². The SMILES string of the molecule is C[C@@H](CO)[Se]c1ccccc1. The molecule has 0 saturated heterocycles. The summed E-state index contributed by atoms with van der Waals surface area (Å²) in [5.41, 5.74) is 0. The Morgan fingerprint density at radius 1 is 1.36 bits per heavy atom. The summed E-state index contributed by atoms with van der Waals surface area (Å²) < 4.78 is 1.36. The van der Waals surface area contributed by atoms with Crippen molar-refractivity contribution in [3.05, 3.63) is 30.3 Å². The second kappa shape index (κ2) is 4.55. The van der Waals surface area contributed by atoms with Crippen molar-refractivity contribution in [1.82, 2.24) is 0 Å². The topological polar surface area (TPSA) is 20.2 Å². The summed E-state index contributed by atoms with van der Waals surface area (Å²) in [6.07, 6.45) is 0. The van der Waals surface area contributed by atoms with Gasteiger partial charge in [0.05, 0.1) is 0 Å². The van der Waals surface area contributed by atoms with Crippen LogP contribution in [-0.4, -0.2) is 26.7 Å².